The van der Waals surface area contributed by atoms with Crippen molar-refractivity contribution in [2.75, 3.05) is 6.26 Å². The molecule has 112 valence electrons. The number of hydrogen-bond acceptors (Lipinski definition) is 5. The maximum Gasteiger partial charge on any atom is 0.407 e. The molecule has 1 N–H and O–H groups in total. The van der Waals surface area contributed by atoms with Gasteiger partial charge in [-0.1, -0.05) is 12.8 Å². The fraction of sp³-hybridized carbons (Fsp3) is 0.917. The van der Waals surface area contributed by atoms with Crippen LogP contribution in [0, 0.1) is 0 Å². The van der Waals surface area contributed by atoms with Crippen molar-refractivity contribution in [1.82, 2.24) is 5.32 Å². The van der Waals surface area contributed by atoms with E-state index in [1.54, 1.807) is 20.8 Å². The minimum absolute atomic E-state index is 0.321. The number of nitrogens with one attached hydrogen (secondary N) is 1. The Balaban J connectivity index is 2.60. The third kappa shape index (κ3) is 6.77. The summed E-state index contributed by atoms with van der Waals surface area (Å²) in [5, 5.41) is 2.70. The predicted molar refractivity (Wildman–Crippen MR) is 71.3 cm³/mol. The second-order valence-corrected chi connectivity index (χ2v) is 7.48. The van der Waals surface area contributed by atoms with E-state index in [-0.39, 0.29) is 6.04 Å². The SMILES string of the molecule is CC(C)(C)OC(=O)N[C@H]1CCCC[C@@H]1OS(C)(=O)=O. The number of rotatable bonds is 3. The van der Waals surface area contributed by atoms with Crippen LogP contribution >= 0.6 is 0 Å². The number of carbonyl (C=O) groups excluding carboxylic acids is 1. The molecule has 7 heteroatoms. The first-order valence-electron chi connectivity index (χ1n) is 6.44. The summed E-state index contributed by atoms with van der Waals surface area (Å²) in [6, 6.07) is -0.321. The maximum atomic E-state index is 11.7. The molecule has 1 fully saturated rings. The Hall–Kier alpha value is -0.820. The van der Waals surface area contributed by atoms with Gasteiger partial charge in [0.1, 0.15) is 5.60 Å². The molecule has 2 atom stereocenters. The molecule has 1 aliphatic carbocycles. The molecule has 0 aromatic carbocycles. The smallest absolute Gasteiger partial charge is 0.407 e. The molecule has 6 nitrogen and oxygen atoms in total. The van der Waals surface area contributed by atoms with E-state index in [0.717, 1.165) is 19.1 Å². The van der Waals surface area contributed by atoms with Gasteiger partial charge in [-0.2, -0.15) is 8.42 Å². The van der Waals surface area contributed by atoms with Crippen LogP contribution in [0.5, 0.6) is 0 Å². The van der Waals surface area contributed by atoms with E-state index in [2.05, 4.69) is 5.32 Å². The van der Waals surface area contributed by atoms with Crippen molar-refractivity contribution in [3.05, 3.63) is 0 Å². The van der Waals surface area contributed by atoms with Crippen molar-refractivity contribution >= 4 is 16.2 Å². The van der Waals surface area contributed by atoms with Crippen LogP contribution < -0.4 is 5.32 Å². The Morgan fingerprint density at radius 1 is 1.21 bits per heavy atom. The lowest BCUT2D eigenvalue weighted by Gasteiger charge is -2.31. The summed E-state index contributed by atoms with van der Waals surface area (Å²) in [4.78, 5) is 11.7. The highest BCUT2D eigenvalue weighted by atomic mass is 32.2. The Morgan fingerprint density at radius 3 is 2.32 bits per heavy atom. The number of carbonyl (C=O) groups is 1. The molecule has 0 bridgehead atoms. The molecule has 1 aliphatic rings. The zero-order valence-corrected chi connectivity index (χ0v) is 12.7. The van der Waals surface area contributed by atoms with Crippen LogP contribution in [0.3, 0.4) is 0 Å². The minimum atomic E-state index is -3.52. The molecular weight excluding hydrogens is 270 g/mol. The Labute approximate surface area is 115 Å². The van der Waals surface area contributed by atoms with Crippen molar-refractivity contribution in [2.24, 2.45) is 0 Å². The van der Waals surface area contributed by atoms with Crippen molar-refractivity contribution in [3.8, 4) is 0 Å². The molecule has 0 saturated heterocycles. The average Bonchev–Trinajstić information content (AvgIpc) is 2.15. The van der Waals surface area contributed by atoms with Gasteiger partial charge in [-0.15, -0.1) is 0 Å². The first-order valence-corrected chi connectivity index (χ1v) is 8.26. The van der Waals surface area contributed by atoms with Crippen LogP contribution in [-0.4, -0.2) is 38.5 Å². The van der Waals surface area contributed by atoms with E-state index in [1.807, 2.05) is 0 Å². The van der Waals surface area contributed by atoms with E-state index in [1.165, 1.54) is 0 Å². The summed E-state index contributed by atoms with van der Waals surface area (Å²) < 4.78 is 32.6. The Morgan fingerprint density at radius 2 is 1.79 bits per heavy atom. The van der Waals surface area contributed by atoms with Crippen molar-refractivity contribution in [2.45, 2.75) is 64.2 Å². The van der Waals surface area contributed by atoms with Gasteiger partial charge in [0, 0.05) is 0 Å². The maximum absolute atomic E-state index is 11.7. The molecule has 0 spiro atoms. The Bertz CT molecular complexity index is 412. The summed E-state index contributed by atoms with van der Waals surface area (Å²) in [5.41, 5.74) is -0.577. The lowest BCUT2D eigenvalue weighted by atomic mass is 9.93. The molecule has 0 unspecified atom stereocenters. The van der Waals surface area contributed by atoms with Crippen molar-refractivity contribution in [3.63, 3.8) is 0 Å². The second-order valence-electron chi connectivity index (χ2n) is 5.88. The van der Waals surface area contributed by atoms with Crippen LogP contribution in [0.4, 0.5) is 4.79 Å². The lowest BCUT2D eigenvalue weighted by Crippen LogP contribution is -2.48. The standard InChI is InChI=1S/C12H23NO5S/c1-12(2,3)17-11(14)13-9-7-5-6-8-10(9)18-19(4,15)16/h9-10H,5-8H2,1-4H3,(H,13,14)/t9-,10-/m0/s1. The van der Waals surface area contributed by atoms with Gasteiger partial charge in [-0.25, -0.2) is 4.79 Å². The summed E-state index contributed by atoms with van der Waals surface area (Å²) >= 11 is 0. The summed E-state index contributed by atoms with van der Waals surface area (Å²) in [5.74, 6) is 0. The Kier molecular flexibility index (Phi) is 5.20. The van der Waals surface area contributed by atoms with Crippen LogP contribution in [0.15, 0.2) is 0 Å². The van der Waals surface area contributed by atoms with Gasteiger partial charge in [0.25, 0.3) is 10.1 Å². The van der Waals surface area contributed by atoms with E-state index in [9.17, 15) is 13.2 Å². The first kappa shape index (κ1) is 16.2. The van der Waals surface area contributed by atoms with Crippen molar-refractivity contribution < 1.29 is 22.1 Å². The molecule has 0 aliphatic heterocycles. The third-order valence-corrected chi connectivity index (χ3v) is 3.30. The third-order valence-electron chi connectivity index (χ3n) is 2.70. The van der Waals surface area contributed by atoms with E-state index in [0.29, 0.717) is 12.8 Å². The van der Waals surface area contributed by atoms with Crippen molar-refractivity contribution in [1.29, 1.82) is 0 Å². The number of amides is 1. The lowest BCUT2D eigenvalue weighted by molar-refractivity contribution is 0.0408. The summed E-state index contributed by atoms with van der Waals surface area (Å²) in [7, 11) is -3.52. The topological polar surface area (TPSA) is 81.7 Å². The van der Waals surface area contributed by atoms with Gasteiger partial charge in [0.15, 0.2) is 0 Å². The predicted octanol–water partition coefficient (Wildman–Crippen LogP) is 1.80. The van der Waals surface area contributed by atoms with Crippen LogP contribution in [-0.2, 0) is 19.0 Å². The van der Waals surface area contributed by atoms with Crippen LogP contribution in [0.1, 0.15) is 46.5 Å². The molecule has 0 aromatic rings. The normalized spacial score (nSPS) is 24.8. The van der Waals surface area contributed by atoms with Gasteiger partial charge in [0.2, 0.25) is 0 Å². The largest absolute Gasteiger partial charge is 0.444 e. The van der Waals surface area contributed by atoms with E-state index >= 15 is 0 Å². The number of hydrogen-bond donors (Lipinski definition) is 1. The fourth-order valence-corrected chi connectivity index (χ4v) is 2.74. The number of alkyl carbamates (subject to hydrolysis) is 1. The average molecular weight is 293 g/mol. The monoisotopic (exact) mass is 293 g/mol. The fourth-order valence-electron chi connectivity index (χ4n) is 2.06. The molecule has 0 heterocycles. The van der Waals surface area contributed by atoms with E-state index < -0.39 is 27.9 Å². The van der Waals surface area contributed by atoms with E-state index in [4.69, 9.17) is 8.92 Å². The molecule has 19 heavy (non-hydrogen) atoms. The van der Waals surface area contributed by atoms with Gasteiger partial charge < -0.3 is 10.1 Å². The van der Waals surface area contributed by atoms with Gasteiger partial charge in [-0.3, -0.25) is 4.18 Å². The molecule has 1 rings (SSSR count). The molecule has 1 amide bonds. The van der Waals surface area contributed by atoms with Crippen LogP contribution in [0.2, 0.25) is 0 Å². The zero-order valence-electron chi connectivity index (χ0n) is 11.9. The second kappa shape index (κ2) is 6.09. The summed E-state index contributed by atoms with van der Waals surface area (Å²) in [6.45, 7) is 5.33. The van der Waals surface area contributed by atoms with Gasteiger partial charge in [0.05, 0.1) is 18.4 Å². The highest BCUT2D eigenvalue weighted by Crippen LogP contribution is 2.23. The van der Waals surface area contributed by atoms with Gasteiger partial charge >= 0.3 is 6.09 Å². The first-order chi connectivity index (χ1) is 8.57. The highest BCUT2D eigenvalue weighted by molar-refractivity contribution is 7.86. The summed E-state index contributed by atoms with van der Waals surface area (Å²) in [6.07, 6.45) is 3.12. The highest BCUT2D eigenvalue weighted by Gasteiger charge is 2.31. The quantitative estimate of drug-likeness (QED) is 0.802. The van der Waals surface area contributed by atoms with Crippen LogP contribution in [0.25, 0.3) is 0 Å². The minimum Gasteiger partial charge on any atom is -0.444 e. The molecular formula is C12H23NO5S. The zero-order chi connectivity index (χ0) is 14.7. The molecule has 0 aromatic heterocycles. The molecule has 0 radical (unpaired) electrons. The van der Waals surface area contributed by atoms with Gasteiger partial charge in [-0.05, 0) is 33.6 Å². The number of ether oxygens (including phenoxy) is 1. The molecule has 1 saturated carbocycles.